The van der Waals surface area contributed by atoms with Gasteiger partial charge < -0.3 is 32.5 Å². The van der Waals surface area contributed by atoms with Gasteiger partial charge in [-0.2, -0.15) is 23.5 Å². The molecule has 3 amide bonds. The standard InChI is InChI=1S/C21H41N5O5S2/c1-13(2)17(21(30)31)26-20(29)16(9-12-33-4)25-19(28)15(7-5-6-10-22)24-18(27)14(23)8-11-32-3/h13-17H,5-12,22-23H2,1-4H3,(H,24,27)(H,25,28)(H,26,29)(H,30,31)/t14-,15-,16-,17-/m0/s1. The van der Waals surface area contributed by atoms with Gasteiger partial charge in [0.15, 0.2) is 0 Å². The molecule has 0 radical (unpaired) electrons. The van der Waals surface area contributed by atoms with Crippen molar-refractivity contribution in [3.63, 3.8) is 0 Å². The van der Waals surface area contributed by atoms with Crippen LogP contribution in [0.25, 0.3) is 0 Å². The molecule has 192 valence electrons. The van der Waals surface area contributed by atoms with Crippen LogP contribution in [0.4, 0.5) is 0 Å². The number of rotatable bonds is 18. The van der Waals surface area contributed by atoms with Crippen LogP contribution in [0.1, 0.15) is 46.0 Å². The van der Waals surface area contributed by atoms with Crippen LogP contribution in [0.2, 0.25) is 0 Å². The Balaban J connectivity index is 5.40. The summed E-state index contributed by atoms with van der Waals surface area (Å²) in [7, 11) is 0. The fraction of sp³-hybridized carbons (Fsp3) is 0.810. The maximum atomic E-state index is 13.0. The molecule has 0 aromatic heterocycles. The minimum absolute atomic E-state index is 0.319. The molecule has 33 heavy (non-hydrogen) atoms. The number of carboxylic acid groups (broad SMARTS) is 1. The number of carboxylic acids is 1. The van der Waals surface area contributed by atoms with E-state index in [1.54, 1.807) is 25.6 Å². The van der Waals surface area contributed by atoms with E-state index in [1.165, 1.54) is 11.8 Å². The molecule has 0 aromatic carbocycles. The van der Waals surface area contributed by atoms with Crippen molar-refractivity contribution >= 4 is 47.2 Å². The highest BCUT2D eigenvalue weighted by Gasteiger charge is 2.31. The van der Waals surface area contributed by atoms with E-state index in [1.807, 2.05) is 12.5 Å². The van der Waals surface area contributed by atoms with Gasteiger partial charge in [-0.3, -0.25) is 14.4 Å². The van der Waals surface area contributed by atoms with Crippen molar-refractivity contribution in [1.82, 2.24) is 16.0 Å². The molecule has 8 N–H and O–H groups in total. The first kappa shape index (κ1) is 31.5. The van der Waals surface area contributed by atoms with E-state index in [9.17, 15) is 24.3 Å². The second kappa shape index (κ2) is 17.9. The van der Waals surface area contributed by atoms with Crippen molar-refractivity contribution < 1.29 is 24.3 Å². The van der Waals surface area contributed by atoms with Crippen molar-refractivity contribution in [1.29, 1.82) is 0 Å². The van der Waals surface area contributed by atoms with Gasteiger partial charge in [-0.05, 0) is 68.6 Å². The fourth-order valence-electron chi connectivity index (χ4n) is 2.96. The Bertz CT molecular complexity index is 624. The zero-order valence-corrected chi connectivity index (χ0v) is 21.7. The van der Waals surface area contributed by atoms with Gasteiger partial charge in [-0.15, -0.1) is 0 Å². The van der Waals surface area contributed by atoms with E-state index in [2.05, 4.69) is 16.0 Å². The SMILES string of the molecule is CSCC[C@H](NC(=O)[C@H](CCCCN)NC(=O)[C@@H](N)CCSC)C(=O)N[C@H](C(=O)O)C(C)C. The van der Waals surface area contributed by atoms with Crippen molar-refractivity contribution in [3.8, 4) is 0 Å². The Morgan fingerprint density at radius 2 is 1.33 bits per heavy atom. The van der Waals surface area contributed by atoms with Crippen LogP contribution in [-0.2, 0) is 19.2 Å². The number of nitrogens with two attached hydrogens (primary N) is 2. The maximum absolute atomic E-state index is 13.0. The zero-order valence-electron chi connectivity index (χ0n) is 20.1. The molecule has 0 unspecified atom stereocenters. The Hall–Kier alpha value is -1.50. The highest BCUT2D eigenvalue weighted by Crippen LogP contribution is 2.08. The average Bonchev–Trinajstić information content (AvgIpc) is 2.76. The number of amides is 3. The lowest BCUT2D eigenvalue weighted by Gasteiger charge is -2.26. The van der Waals surface area contributed by atoms with Gasteiger partial charge >= 0.3 is 5.97 Å². The molecule has 0 aliphatic heterocycles. The van der Waals surface area contributed by atoms with Crippen LogP contribution in [0, 0.1) is 5.92 Å². The third-order valence-electron chi connectivity index (χ3n) is 5.02. The molecule has 0 aromatic rings. The van der Waals surface area contributed by atoms with Gasteiger partial charge in [0.1, 0.15) is 18.1 Å². The van der Waals surface area contributed by atoms with E-state index >= 15 is 0 Å². The number of hydrogen-bond donors (Lipinski definition) is 6. The molecule has 0 fully saturated rings. The Labute approximate surface area is 205 Å². The van der Waals surface area contributed by atoms with E-state index in [0.29, 0.717) is 44.4 Å². The third-order valence-corrected chi connectivity index (χ3v) is 6.31. The zero-order chi connectivity index (χ0) is 25.4. The maximum Gasteiger partial charge on any atom is 0.326 e. The number of carbonyl (C=O) groups excluding carboxylic acids is 3. The predicted molar refractivity (Wildman–Crippen MR) is 135 cm³/mol. The topological polar surface area (TPSA) is 177 Å². The number of aliphatic carboxylic acids is 1. The van der Waals surface area contributed by atoms with Gasteiger partial charge in [-0.1, -0.05) is 13.8 Å². The summed E-state index contributed by atoms with van der Waals surface area (Å²) in [4.78, 5) is 49.8. The summed E-state index contributed by atoms with van der Waals surface area (Å²) in [5.74, 6) is -1.66. The quantitative estimate of drug-likeness (QED) is 0.141. The number of unbranched alkanes of at least 4 members (excludes halogenated alkanes) is 1. The lowest BCUT2D eigenvalue weighted by molar-refractivity contribution is -0.143. The number of thioether (sulfide) groups is 2. The highest BCUT2D eigenvalue weighted by atomic mass is 32.2. The molecule has 0 saturated heterocycles. The summed E-state index contributed by atoms with van der Waals surface area (Å²) in [5.41, 5.74) is 11.5. The molecular weight excluding hydrogens is 466 g/mol. The van der Waals surface area contributed by atoms with Crippen LogP contribution >= 0.6 is 23.5 Å². The Kier molecular flexibility index (Phi) is 17.1. The van der Waals surface area contributed by atoms with E-state index in [0.717, 1.165) is 5.75 Å². The Morgan fingerprint density at radius 3 is 1.85 bits per heavy atom. The molecule has 0 heterocycles. The monoisotopic (exact) mass is 507 g/mol. The van der Waals surface area contributed by atoms with E-state index < -0.39 is 47.9 Å². The third kappa shape index (κ3) is 13.1. The summed E-state index contributed by atoms with van der Waals surface area (Å²) in [6.45, 7) is 3.84. The van der Waals surface area contributed by atoms with Crippen LogP contribution in [0.15, 0.2) is 0 Å². The molecule has 0 aliphatic rings. The second-order valence-electron chi connectivity index (χ2n) is 8.14. The van der Waals surface area contributed by atoms with Gasteiger partial charge in [0.25, 0.3) is 0 Å². The fourth-order valence-corrected chi connectivity index (χ4v) is 3.92. The van der Waals surface area contributed by atoms with Crippen molar-refractivity contribution in [3.05, 3.63) is 0 Å². The van der Waals surface area contributed by atoms with Gasteiger partial charge in [0.2, 0.25) is 17.7 Å². The van der Waals surface area contributed by atoms with Gasteiger partial charge in [-0.25, -0.2) is 4.79 Å². The van der Waals surface area contributed by atoms with Gasteiger partial charge in [0, 0.05) is 0 Å². The molecule has 12 heteroatoms. The summed E-state index contributed by atoms with van der Waals surface area (Å²) in [6.07, 6.45) is 6.24. The number of hydrogen-bond acceptors (Lipinski definition) is 8. The lowest BCUT2D eigenvalue weighted by atomic mass is 10.0. The summed E-state index contributed by atoms with van der Waals surface area (Å²) < 4.78 is 0. The van der Waals surface area contributed by atoms with Crippen LogP contribution in [0.5, 0.6) is 0 Å². The summed E-state index contributed by atoms with van der Waals surface area (Å²) in [6, 6.07) is -3.60. The van der Waals surface area contributed by atoms with Crippen LogP contribution < -0.4 is 27.4 Å². The van der Waals surface area contributed by atoms with Crippen molar-refractivity contribution in [2.24, 2.45) is 17.4 Å². The number of carbonyl (C=O) groups is 4. The molecular formula is C21H41N5O5S2. The first-order valence-electron chi connectivity index (χ1n) is 11.2. The van der Waals surface area contributed by atoms with Crippen molar-refractivity contribution in [2.45, 2.75) is 70.1 Å². The molecule has 0 bridgehead atoms. The lowest BCUT2D eigenvalue weighted by Crippen LogP contribution is -2.57. The molecule has 0 spiro atoms. The first-order valence-corrected chi connectivity index (χ1v) is 13.9. The molecule has 10 nitrogen and oxygen atoms in total. The largest absolute Gasteiger partial charge is 0.480 e. The van der Waals surface area contributed by atoms with Crippen molar-refractivity contribution in [2.75, 3.05) is 30.6 Å². The molecule has 0 saturated carbocycles. The molecule has 4 atom stereocenters. The predicted octanol–water partition coefficient (Wildman–Crippen LogP) is 0.144. The van der Waals surface area contributed by atoms with Gasteiger partial charge in [0.05, 0.1) is 6.04 Å². The summed E-state index contributed by atoms with van der Waals surface area (Å²) >= 11 is 3.08. The van der Waals surface area contributed by atoms with Crippen LogP contribution in [-0.4, -0.2) is 83.5 Å². The minimum atomic E-state index is -1.14. The molecule has 0 aliphatic carbocycles. The van der Waals surface area contributed by atoms with Crippen LogP contribution in [0.3, 0.4) is 0 Å². The minimum Gasteiger partial charge on any atom is -0.480 e. The summed E-state index contributed by atoms with van der Waals surface area (Å²) in [5, 5.41) is 17.3. The number of nitrogens with one attached hydrogen (secondary N) is 3. The Morgan fingerprint density at radius 1 is 0.818 bits per heavy atom. The highest BCUT2D eigenvalue weighted by molar-refractivity contribution is 7.98. The second-order valence-corrected chi connectivity index (χ2v) is 10.1. The normalized spacial score (nSPS) is 14.8. The van der Waals surface area contributed by atoms with E-state index in [-0.39, 0.29) is 5.92 Å². The first-order chi connectivity index (χ1) is 15.6. The smallest absolute Gasteiger partial charge is 0.326 e. The van der Waals surface area contributed by atoms with E-state index in [4.69, 9.17) is 11.5 Å². The molecule has 0 rings (SSSR count). The average molecular weight is 508 g/mol.